The summed E-state index contributed by atoms with van der Waals surface area (Å²) < 4.78 is 0. The Morgan fingerprint density at radius 2 is 1.88 bits per heavy atom. The maximum absolute atomic E-state index is 12.6. The third-order valence-electron chi connectivity index (χ3n) is 9.52. The molecule has 4 saturated carbocycles. The fourth-order valence-electron chi connectivity index (χ4n) is 8.10. The van der Waals surface area contributed by atoms with Crippen molar-refractivity contribution in [3.63, 3.8) is 0 Å². The molecule has 0 aromatic carbocycles. The van der Waals surface area contributed by atoms with Crippen LogP contribution in [0.3, 0.4) is 0 Å². The quantitative estimate of drug-likeness (QED) is 0.690. The Hall–Kier alpha value is -0.630. The van der Waals surface area contributed by atoms with Crippen LogP contribution in [0.15, 0.2) is 12.2 Å². The van der Waals surface area contributed by atoms with Crippen LogP contribution in [0.1, 0.15) is 78.6 Å². The molecule has 2 N–H and O–H groups in total. The van der Waals surface area contributed by atoms with Crippen molar-refractivity contribution in [2.75, 3.05) is 6.54 Å². The van der Waals surface area contributed by atoms with Crippen molar-refractivity contribution in [1.29, 1.82) is 0 Å². The number of allylic oxidation sites excluding steroid dienone is 1. The van der Waals surface area contributed by atoms with Gasteiger partial charge in [0.25, 0.3) is 0 Å². The second-order valence-electron chi connectivity index (χ2n) is 10.7. The van der Waals surface area contributed by atoms with E-state index < -0.39 is 0 Å². The standard InChI is InChI=1S/C24H39NO/c1-16-14-18-19-7-8-22(26)24(19,3)12-10-20(18)23(2)11-9-17(15-21(16)23)6-4-5-13-25/h4,6,16-21H,5,7-15,25H2,1-3H3/b6-4-/t16-,17+,18-,19-,20-,21?,23+,24-/m0/s1. The highest BCUT2D eigenvalue weighted by Gasteiger charge is 2.61. The largest absolute Gasteiger partial charge is 0.330 e. The lowest BCUT2D eigenvalue weighted by Crippen LogP contribution is -2.55. The highest BCUT2D eigenvalue weighted by atomic mass is 16.1. The van der Waals surface area contributed by atoms with Gasteiger partial charge in [0.05, 0.1) is 0 Å². The molecule has 1 unspecified atom stereocenters. The minimum atomic E-state index is 0.0201. The van der Waals surface area contributed by atoms with Crippen LogP contribution in [0, 0.1) is 46.3 Å². The van der Waals surface area contributed by atoms with Crippen molar-refractivity contribution in [1.82, 2.24) is 0 Å². The molecule has 0 amide bonds. The van der Waals surface area contributed by atoms with Crippen LogP contribution < -0.4 is 5.73 Å². The Labute approximate surface area is 160 Å². The van der Waals surface area contributed by atoms with Crippen LogP contribution in [0.2, 0.25) is 0 Å². The highest BCUT2D eigenvalue weighted by molar-refractivity contribution is 5.87. The second-order valence-corrected chi connectivity index (χ2v) is 10.7. The van der Waals surface area contributed by atoms with Gasteiger partial charge < -0.3 is 5.73 Å². The number of hydrogen-bond acceptors (Lipinski definition) is 2. The van der Waals surface area contributed by atoms with Crippen LogP contribution >= 0.6 is 0 Å². The van der Waals surface area contributed by atoms with E-state index in [9.17, 15) is 4.79 Å². The third kappa shape index (κ3) is 2.74. The number of fused-ring (bicyclic) bond motifs is 5. The van der Waals surface area contributed by atoms with Crippen molar-refractivity contribution >= 4 is 5.78 Å². The van der Waals surface area contributed by atoms with Crippen LogP contribution in [-0.2, 0) is 4.79 Å². The van der Waals surface area contributed by atoms with Gasteiger partial charge in [0, 0.05) is 11.8 Å². The Bertz CT molecular complexity index is 583. The number of carbonyl (C=O) groups is 1. The molecule has 0 aliphatic heterocycles. The van der Waals surface area contributed by atoms with Gasteiger partial charge >= 0.3 is 0 Å². The van der Waals surface area contributed by atoms with Gasteiger partial charge in [-0.2, -0.15) is 0 Å². The molecule has 146 valence electrons. The minimum Gasteiger partial charge on any atom is -0.330 e. The van der Waals surface area contributed by atoms with E-state index in [2.05, 4.69) is 32.9 Å². The summed E-state index contributed by atoms with van der Waals surface area (Å²) in [5.74, 6) is 5.37. The number of ketones is 1. The first-order chi connectivity index (χ1) is 12.4. The topological polar surface area (TPSA) is 43.1 Å². The molecule has 0 aromatic rings. The first-order valence-electron chi connectivity index (χ1n) is 11.3. The van der Waals surface area contributed by atoms with Gasteiger partial charge in [0.2, 0.25) is 0 Å². The lowest BCUT2D eigenvalue weighted by molar-refractivity contribution is -0.146. The fraction of sp³-hybridized carbons (Fsp3) is 0.875. The summed E-state index contributed by atoms with van der Waals surface area (Å²) in [6, 6.07) is 0. The number of rotatable bonds is 3. The van der Waals surface area contributed by atoms with Crippen molar-refractivity contribution in [3.05, 3.63) is 12.2 Å². The van der Waals surface area contributed by atoms with E-state index in [4.69, 9.17) is 5.73 Å². The zero-order valence-electron chi connectivity index (χ0n) is 17.2. The van der Waals surface area contributed by atoms with Gasteiger partial charge in [-0.15, -0.1) is 0 Å². The molecule has 0 bridgehead atoms. The molecule has 2 nitrogen and oxygen atoms in total. The van der Waals surface area contributed by atoms with Gasteiger partial charge in [0.1, 0.15) is 5.78 Å². The van der Waals surface area contributed by atoms with Crippen LogP contribution in [-0.4, -0.2) is 12.3 Å². The first-order valence-corrected chi connectivity index (χ1v) is 11.3. The van der Waals surface area contributed by atoms with E-state index in [0.29, 0.717) is 17.1 Å². The van der Waals surface area contributed by atoms with Crippen LogP contribution in [0.25, 0.3) is 0 Å². The van der Waals surface area contributed by atoms with E-state index in [1.165, 1.54) is 38.5 Å². The minimum absolute atomic E-state index is 0.0201. The molecule has 4 rings (SSSR count). The fourth-order valence-corrected chi connectivity index (χ4v) is 8.10. The van der Waals surface area contributed by atoms with Crippen molar-refractivity contribution in [2.45, 2.75) is 78.6 Å². The molecule has 0 heterocycles. The van der Waals surface area contributed by atoms with E-state index >= 15 is 0 Å². The summed E-state index contributed by atoms with van der Waals surface area (Å²) in [4.78, 5) is 12.6. The SMILES string of the molecule is C[C@H]1C[C@@H]2[C@H](CC[C@]3(C)C(=O)CC[C@@H]23)[C@@]2(C)CC[C@@H](/C=C\CCN)CC12. The molecule has 0 aromatic heterocycles. The number of hydrogen-bond donors (Lipinski definition) is 1. The summed E-state index contributed by atoms with van der Waals surface area (Å²) in [5, 5.41) is 0. The summed E-state index contributed by atoms with van der Waals surface area (Å²) in [5.41, 5.74) is 6.18. The molecule has 0 radical (unpaired) electrons. The number of carbonyl (C=O) groups excluding carboxylic acids is 1. The van der Waals surface area contributed by atoms with E-state index in [1.54, 1.807) is 0 Å². The summed E-state index contributed by atoms with van der Waals surface area (Å²) in [7, 11) is 0. The molecular formula is C24H39NO. The lowest BCUT2D eigenvalue weighted by atomic mass is 9.43. The maximum Gasteiger partial charge on any atom is 0.139 e. The average Bonchev–Trinajstić information content (AvgIpc) is 2.92. The first kappa shape index (κ1) is 18.7. The highest BCUT2D eigenvalue weighted by Crippen LogP contribution is 2.67. The zero-order chi connectivity index (χ0) is 18.5. The van der Waals surface area contributed by atoms with Crippen molar-refractivity contribution in [3.8, 4) is 0 Å². The Balaban J connectivity index is 1.55. The molecular weight excluding hydrogens is 318 g/mol. The lowest BCUT2D eigenvalue weighted by Gasteiger charge is -2.62. The van der Waals surface area contributed by atoms with E-state index in [-0.39, 0.29) is 5.41 Å². The third-order valence-corrected chi connectivity index (χ3v) is 9.52. The van der Waals surface area contributed by atoms with Gasteiger partial charge in [-0.3, -0.25) is 4.79 Å². The Kier molecular flexibility index (Phi) is 4.87. The molecule has 4 fully saturated rings. The summed E-state index contributed by atoms with van der Waals surface area (Å²) in [6.45, 7) is 8.23. The molecule has 4 aliphatic carbocycles. The monoisotopic (exact) mass is 357 g/mol. The Morgan fingerprint density at radius 1 is 1.08 bits per heavy atom. The molecule has 2 heteroatoms. The maximum atomic E-state index is 12.6. The van der Waals surface area contributed by atoms with Crippen molar-refractivity contribution in [2.24, 2.45) is 52.1 Å². The number of Topliss-reactive ketones (excluding diaryl/α,β-unsaturated/α-hetero) is 1. The van der Waals surface area contributed by atoms with Crippen LogP contribution in [0.4, 0.5) is 0 Å². The normalized spacial score (nSPS) is 51.2. The summed E-state index contributed by atoms with van der Waals surface area (Å²) >= 11 is 0. The zero-order valence-corrected chi connectivity index (χ0v) is 17.2. The van der Waals surface area contributed by atoms with Crippen molar-refractivity contribution < 1.29 is 4.79 Å². The molecule has 0 spiro atoms. The van der Waals surface area contributed by atoms with Gasteiger partial charge in [-0.1, -0.05) is 32.9 Å². The molecule has 26 heavy (non-hydrogen) atoms. The smallest absolute Gasteiger partial charge is 0.139 e. The predicted octanol–water partition coefficient (Wildman–Crippen LogP) is 5.37. The number of nitrogens with two attached hydrogens (primary N) is 1. The summed E-state index contributed by atoms with van der Waals surface area (Å²) in [6.07, 6.45) is 15.8. The Morgan fingerprint density at radius 3 is 2.65 bits per heavy atom. The van der Waals surface area contributed by atoms with E-state index in [0.717, 1.165) is 55.4 Å². The van der Waals surface area contributed by atoms with Gasteiger partial charge in [0.15, 0.2) is 0 Å². The average molecular weight is 358 g/mol. The molecule has 4 aliphatic rings. The van der Waals surface area contributed by atoms with E-state index in [1.807, 2.05) is 0 Å². The van der Waals surface area contributed by atoms with Crippen LogP contribution in [0.5, 0.6) is 0 Å². The second kappa shape index (κ2) is 6.76. The van der Waals surface area contributed by atoms with Gasteiger partial charge in [-0.05, 0) is 98.8 Å². The molecule has 0 saturated heterocycles. The van der Waals surface area contributed by atoms with Gasteiger partial charge in [-0.25, -0.2) is 0 Å². The molecule has 8 atom stereocenters. The predicted molar refractivity (Wildman–Crippen MR) is 108 cm³/mol.